The van der Waals surface area contributed by atoms with Crippen molar-refractivity contribution < 1.29 is 19.4 Å². The molecule has 20 heavy (non-hydrogen) atoms. The average Bonchev–Trinajstić information content (AvgIpc) is 2.38. The Hall–Kier alpha value is -1.36. The third-order valence-electron chi connectivity index (χ3n) is 4.25. The van der Waals surface area contributed by atoms with E-state index in [-0.39, 0.29) is 11.3 Å². The van der Waals surface area contributed by atoms with Gasteiger partial charge in [-0.1, -0.05) is 19.9 Å². The molecule has 2 rings (SSSR count). The SMILES string of the molecule is C=CC1CC(C(=O)N2CCOCC2)C1(C)C.CC(=O)O. The lowest BCUT2D eigenvalue weighted by Crippen LogP contribution is -2.54. The van der Waals surface area contributed by atoms with E-state index in [0.29, 0.717) is 25.0 Å². The Morgan fingerprint density at radius 3 is 2.25 bits per heavy atom. The molecular weight excluding hydrogens is 258 g/mol. The molecule has 2 unspecified atom stereocenters. The van der Waals surface area contributed by atoms with Gasteiger partial charge in [-0.05, 0) is 17.8 Å². The van der Waals surface area contributed by atoms with Crippen molar-refractivity contribution in [3.8, 4) is 0 Å². The first kappa shape index (κ1) is 16.7. The fourth-order valence-corrected chi connectivity index (χ4v) is 2.78. The van der Waals surface area contributed by atoms with E-state index in [2.05, 4.69) is 20.4 Å². The van der Waals surface area contributed by atoms with E-state index in [9.17, 15) is 4.79 Å². The Morgan fingerprint density at radius 2 is 1.85 bits per heavy atom. The monoisotopic (exact) mass is 283 g/mol. The van der Waals surface area contributed by atoms with E-state index < -0.39 is 5.97 Å². The number of nitrogens with zero attached hydrogens (tertiary/aromatic N) is 1. The van der Waals surface area contributed by atoms with E-state index >= 15 is 0 Å². The molecule has 1 heterocycles. The molecule has 1 saturated carbocycles. The zero-order valence-corrected chi connectivity index (χ0v) is 12.6. The third kappa shape index (κ3) is 3.82. The summed E-state index contributed by atoms with van der Waals surface area (Å²) < 4.78 is 5.27. The summed E-state index contributed by atoms with van der Waals surface area (Å²) >= 11 is 0. The van der Waals surface area contributed by atoms with Crippen LogP contribution in [-0.4, -0.2) is 48.2 Å². The van der Waals surface area contributed by atoms with Gasteiger partial charge in [-0.25, -0.2) is 0 Å². The lowest BCUT2D eigenvalue weighted by molar-refractivity contribution is -0.153. The van der Waals surface area contributed by atoms with E-state index in [1.54, 1.807) is 0 Å². The molecule has 0 aromatic carbocycles. The molecule has 2 atom stereocenters. The maximum absolute atomic E-state index is 12.3. The van der Waals surface area contributed by atoms with Crippen LogP contribution in [0.3, 0.4) is 0 Å². The molecule has 0 spiro atoms. The number of aliphatic carboxylic acids is 1. The quantitative estimate of drug-likeness (QED) is 0.785. The van der Waals surface area contributed by atoms with Crippen molar-refractivity contribution in [3.05, 3.63) is 12.7 Å². The van der Waals surface area contributed by atoms with Crippen molar-refractivity contribution in [2.24, 2.45) is 17.3 Å². The zero-order chi connectivity index (χ0) is 15.3. The summed E-state index contributed by atoms with van der Waals surface area (Å²) in [6.07, 6.45) is 2.95. The topological polar surface area (TPSA) is 66.8 Å². The summed E-state index contributed by atoms with van der Waals surface area (Å²) in [5.41, 5.74) is 0.0805. The Bertz CT molecular complexity index is 368. The summed E-state index contributed by atoms with van der Waals surface area (Å²) in [7, 11) is 0. The first-order chi connectivity index (χ1) is 9.30. The van der Waals surface area contributed by atoms with Crippen molar-refractivity contribution in [1.82, 2.24) is 4.90 Å². The summed E-state index contributed by atoms with van der Waals surface area (Å²) in [6.45, 7) is 12.1. The lowest BCUT2D eigenvalue weighted by Gasteiger charge is -2.51. The predicted molar refractivity (Wildman–Crippen MR) is 76.3 cm³/mol. The molecule has 5 nitrogen and oxygen atoms in total. The fraction of sp³-hybridized carbons (Fsp3) is 0.733. The predicted octanol–water partition coefficient (Wildman–Crippen LogP) is 1.78. The Kier molecular flexibility index (Phi) is 5.74. The Balaban J connectivity index is 0.000000444. The molecule has 114 valence electrons. The number of carbonyl (C=O) groups excluding carboxylic acids is 1. The molecule has 1 aliphatic carbocycles. The molecule has 2 fully saturated rings. The van der Waals surface area contributed by atoms with Crippen LogP contribution in [0.1, 0.15) is 27.2 Å². The number of allylic oxidation sites excluding steroid dienone is 1. The molecule has 0 radical (unpaired) electrons. The minimum Gasteiger partial charge on any atom is -0.481 e. The molecule has 5 heteroatoms. The molecule has 1 N–H and O–H groups in total. The summed E-state index contributed by atoms with van der Waals surface area (Å²) in [5, 5.41) is 7.42. The second-order valence-electron chi connectivity index (χ2n) is 5.91. The van der Waals surface area contributed by atoms with Gasteiger partial charge < -0.3 is 14.7 Å². The molecule has 1 amide bonds. The van der Waals surface area contributed by atoms with Gasteiger partial charge >= 0.3 is 0 Å². The first-order valence-electron chi connectivity index (χ1n) is 6.99. The van der Waals surface area contributed by atoms with Gasteiger partial charge in [-0.2, -0.15) is 0 Å². The molecule has 1 saturated heterocycles. The maximum Gasteiger partial charge on any atom is 0.300 e. The van der Waals surface area contributed by atoms with Gasteiger partial charge in [-0.15, -0.1) is 6.58 Å². The number of hydrogen-bond donors (Lipinski definition) is 1. The van der Waals surface area contributed by atoms with E-state index in [1.807, 2.05) is 11.0 Å². The van der Waals surface area contributed by atoms with Crippen LogP contribution in [0, 0.1) is 17.3 Å². The van der Waals surface area contributed by atoms with Gasteiger partial charge in [0.2, 0.25) is 5.91 Å². The molecule has 0 aromatic heterocycles. The molecule has 1 aliphatic heterocycles. The highest BCUT2D eigenvalue weighted by molar-refractivity contribution is 5.81. The number of hydrogen-bond acceptors (Lipinski definition) is 3. The van der Waals surface area contributed by atoms with Crippen molar-refractivity contribution in [1.29, 1.82) is 0 Å². The minimum atomic E-state index is -0.833. The number of ether oxygens (including phenoxy) is 1. The lowest BCUT2D eigenvalue weighted by atomic mass is 9.54. The normalized spacial score (nSPS) is 27.6. The van der Waals surface area contributed by atoms with Gasteiger partial charge in [0.1, 0.15) is 0 Å². The summed E-state index contributed by atoms with van der Waals surface area (Å²) in [6, 6.07) is 0. The number of carbonyl (C=O) groups is 2. The number of morpholine rings is 1. The molecular formula is C15H25NO4. The van der Waals surface area contributed by atoms with Crippen LogP contribution in [0.4, 0.5) is 0 Å². The van der Waals surface area contributed by atoms with E-state index in [1.165, 1.54) is 0 Å². The zero-order valence-electron chi connectivity index (χ0n) is 12.6. The van der Waals surface area contributed by atoms with Gasteiger partial charge in [0.05, 0.1) is 13.2 Å². The van der Waals surface area contributed by atoms with Crippen LogP contribution >= 0.6 is 0 Å². The highest BCUT2D eigenvalue weighted by Crippen LogP contribution is 2.52. The molecule has 2 aliphatic rings. The minimum absolute atomic E-state index is 0.0805. The Morgan fingerprint density at radius 1 is 1.35 bits per heavy atom. The van der Waals surface area contributed by atoms with Crippen LogP contribution in [0.2, 0.25) is 0 Å². The number of amides is 1. The van der Waals surface area contributed by atoms with Gasteiger partial charge in [0, 0.05) is 25.9 Å². The van der Waals surface area contributed by atoms with Crippen LogP contribution in [0.15, 0.2) is 12.7 Å². The Labute approximate surface area is 120 Å². The fourth-order valence-electron chi connectivity index (χ4n) is 2.78. The third-order valence-corrected chi connectivity index (χ3v) is 4.25. The van der Waals surface area contributed by atoms with Crippen LogP contribution in [-0.2, 0) is 14.3 Å². The van der Waals surface area contributed by atoms with Crippen LogP contribution in [0.5, 0.6) is 0 Å². The molecule has 0 bridgehead atoms. The van der Waals surface area contributed by atoms with Gasteiger partial charge in [0.15, 0.2) is 0 Å². The number of carboxylic acid groups (broad SMARTS) is 1. The van der Waals surface area contributed by atoms with Crippen molar-refractivity contribution in [3.63, 3.8) is 0 Å². The highest BCUT2D eigenvalue weighted by Gasteiger charge is 2.51. The van der Waals surface area contributed by atoms with Crippen molar-refractivity contribution >= 4 is 11.9 Å². The average molecular weight is 283 g/mol. The maximum atomic E-state index is 12.3. The van der Waals surface area contributed by atoms with Gasteiger partial charge in [0.25, 0.3) is 5.97 Å². The van der Waals surface area contributed by atoms with E-state index in [4.69, 9.17) is 14.6 Å². The van der Waals surface area contributed by atoms with E-state index in [0.717, 1.165) is 26.4 Å². The standard InChI is InChI=1S/C13H21NO2.C2H4O2/c1-4-10-9-11(13(10,2)3)12(15)14-5-7-16-8-6-14;1-2(3)4/h4,10-11H,1,5-9H2,2-3H3;1H3,(H,3,4). The van der Waals surface area contributed by atoms with Crippen molar-refractivity contribution in [2.75, 3.05) is 26.3 Å². The highest BCUT2D eigenvalue weighted by atomic mass is 16.5. The number of rotatable bonds is 2. The van der Waals surface area contributed by atoms with Crippen LogP contribution < -0.4 is 0 Å². The van der Waals surface area contributed by atoms with Gasteiger partial charge in [-0.3, -0.25) is 9.59 Å². The first-order valence-corrected chi connectivity index (χ1v) is 6.99. The summed E-state index contributed by atoms with van der Waals surface area (Å²) in [5.74, 6) is 0.141. The van der Waals surface area contributed by atoms with Crippen LogP contribution in [0.25, 0.3) is 0 Å². The largest absolute Gasteiger partial charge is 0.481 e. The second kappa shape index (κ2) is 6.88. The summed E-state index contributed by atoms with van der Waals surface area (Å²) in [4.78, 5) is 23.2. The van der Waals surface area contributed by atoms with Crippen molar-refractivity contribution in [2.45, 2.75) is 27.2 Å². The second-order valence-corrected chi connectivity index (χ2v) is 5.91. The number of carboxylic acids is 1. The molecule has 0 aromatic rings. The smallest absolute Gasteiger partial charge is 0.300 e.